The molecule has 3 rings (SSSR count). The number of aliphatic imine (C=N–C) groups is 1. The molecule has 6 heteroatoms. The predicted molar refractivity (Wildman–Crippen MR) is 117 cm³/mol. The highest BCUT2D eigenvalue weighted by molar-refractivity contribution is 5.79. The molecule has 0 unspecified atom stereocenters. The summed E-state index contributed by atoms with van der Waals surface area (Å²) in [5.41, 5.74) is 2.37. The van der Waals surface area contributed by atoms with E-state index < -0.39 is 0 Å². The summed E-state index contributed by atoms with van der Waals surface area (Å²) in [6, 6.07) is 18.5. The number of nitrogens with one attached hydrogen (secondary N) is 1. The zero-order chi connectivity index (χ0) is 20.3. The van der Waals surface area contributed by atoms with Gasteiger partial charge < -0.3 is 19.7 Å². The summed E-state index contributed by atoms with van der Waals surface area (Å²) in [6.45, 7) is 6.59. The van der Waals surface area contributed by atoms with Crippen molar-refractivity contribution in [2.45, 2.75) is 13.1 Å². The summed E-state index contributed by atoms with van der Waals surface area (Å²) in [7, 11) is 4.00. The van der Waals surface area contributed by atoms with Crippen LogP contribution in [0.2, 0.25) is 0 Å². The third kappa shape index (κ3) is 7.40. The van der Waals surface area contributed by atoms with Crippen LogP contribution >= 0.6 is 0 Å². The standard InChI is InChI=1S/C23H32N4O2/c1-26(2)23(24-18-20-7-4-3-5-8-20)25-19-21-9-6-10-22(17-21)29-16-13-27-11-14-28-15-12-27/h3-10,17H,11-16,18-19H2,1-2H3,(H,24,25). The monoisotopic (exact) mass is 396 g/mol. The van der Waals surface area contributed by atoms with Gasteiger partial charge in [-0.2, -0.15) is 0 Å². The molecular formula is C23H32N4O2. The SMILES string of the molecule is CN(C)C(=NCc1cccc(OCCN2CCOCC2)c1)NCc1ccccc1. The topological polar surface area (TPSA) is 49.3 Å². The van der Waals surface area contributed by atoms with E-state index in [2.05, 4.69) is 34.5 Å². The van der Waals surface area contributed by atoms with E-state index in [0.717, 1.165) is 56.7 Å². The van der Waals surface area contributed by atoms with Gasteiger partial charge in [0.25, 0.3) is 0 Å². The molecule has 156 valence electrons. The first-order valence-corrected chi connectivity index (χ1v) is 10.2. The lowest BCUT2D eigenvalue weighted by molar-refractivity contribution is 0.0322. The van der Waals surface area contributed by atoms with Crippen LogP contribution in [0.3, 0.4) is 0 Å². The highest BCUT2D eigenvalue weighted by atomic mass is 16.5. The highest BCUT2D eigenvalue weighted by Crippen LogP contribution is 2.14. The number of ether oxygens (including phenoxy) is 2. The first kappa shape index (κ1) is 21.1. The van der Waals surface area contributed by atoms with Crippen molar-refractivity contribution in [1.29, 1.82) is 0 Å². The molecule has 6 nitrogen and oxygen atoms in total. The summed E-state index contributed by atoms with van der Waals surface area (Å²) < 4.78 is 11.3. The quantitative estimate of drug-likeness (QED) is 0.549. The summed E-state index contributed by atoms with van der Waals surface area (Å²) in [5.74, 6) is 1.77. The number of benzene rings is 2. The Morgan fingerprint density at radius 3 is 2.59 bits per heavy atom. The van der Waals surface area contributed by atoms with E-state index in [9.17, 15) is 0 Å². The fraction of sp³-hybridized carbons (Fsp3) is 0.435. The average molecular weight is 397 g/mol. The van der Waals surface area contributed by atoms with Crippen LogP contribution in [0, 0.1) is 0 Å². The number of rotatable bonds is 8. The Morgan fingerprint density at radius 1 is 1.07 bits per heavy atom. The lowest BCUT2D eigenvalue weighted by Crippen LogP contribution is -2.38. The van der Waals surface area contributed by atoms with Crippen LogP contribution in [-0.2, 0) is 17.8 Å². The van der Waals surface area contributed by atoms with Crippen molar-refractivity contribution in [2.75, 3.05) is 53.6 Å². The first-order valence-electron chi connectivity index (χ1n) is 10.2. The number of hydrogen-bond acceptors (Lipinski definition) is 4. The van der Waals surface area contributed by atoms with E-state index in [0.29, 0.717) is 13.2 Å². The predicted octanol–water partition coefficient (Wildman–Crippen LogP) is 2.61. The van der Waals surface area contributed by atoms with Gasteiger partial charge in [-0.05, 0) is 23.3 Å². The van der Waals surface area contributed by atoms with Crippen molar-refractivity contribution in [3.8, 4) is 5.75 Å². The smallest absolute Gasteiger partial charge is 0.194 e. The second-order valence-electron chi connectivity index (χ2n) is 7.32. The molecule has 1 aliphatic heterocycles. The molecule has 0 aromatic heterocycles. The van der Waals surface area contributed by atoms with Crippen LogP contribution in [0.25, 0.3) is 0 Å². The fourth-order valence-electron chi connectivity index (χ4n) is 3.15. The summed E-state index contributed by atoms with van der Waals surface area (Å²) >= 11 is 0. The summed E-state index contributed by atoms with van der Waals surface area (Å²) in [6.07, 6.45) is 0. The van der Waals surface area contributed by atoms with Crippen LogP contribution in [0.15, 0.2) is 59.6 Å². The Bertz CT molecular complexity index is 758. The maximum atomic E-state index is 5.95. The molecule has 1 aliphatic rings. The molecule has 0 amide bonds. The van der Waals surface area contributed by atoms with Crippen LogP contribution in [-0.4, -0.2) is 69.3 Å². The minimum Gasteiger partial charge on any atom is -0.492 e. The number of hydrogen-bond donors (Lipinski definition) is 1. The van der Waals surface area contributed by atoms with E-state index in [1.54, 1.807) is 0 Å². The molecule has 0 atom stereocenters. The zero-order valence-corrected chi connectivity index (χ0v) is 17.5. The Hall–Kier alpha value is -2.57. The van der Waals surface area contributed by atoms with E-state index in [-0.39, 0.29) is 0 Å². The lowest BCUT2D eigenvalue weighted by atomic mass is 10.2. The second kappa shape index (κ2) is 11.4. The van der Waals surface area contributed by atoms with Crippen LogP contribution < -0.4 is 10.1 Å². The largest absolute Gasteiger partial charge is 0.492 e. The van der Waals surface area contributed by atoms with Gasteiger partial charge in [-0.3, -0.25) is 4.90 Å². The fourth-order valence-corrected chi connectivity index (χ4v) is 3.15. The number of nitrogens with zero attached hydrogens (tertiary/aromatic N) is 3. The summed E-state index contributed by atoms with van der Waals surface area (Å²) in [5, 5.41) is 3.42. The molecule has 2 aromatic carbocycles. The van der Waals surface area contributed by atoms with Crippen LogP contribution in [0.4, 0.5) is 0 Å². The van der Waals surface area contributed by atoms with Gasteiger partial charge in [0, 0.05) is 40.3 Å². The van der Waals surface area contributed by atoms with E-state index >= 15 is 0 Å². The normalized spacial score (nSPS) is 15.2. The van der Waals surface area contributed by atoms with Gasteiger partial charge in [0.2, 0.25) is 0 Å². The minimum absolute atomic E-state index is 0.607. The van der Waals surface area contributed by atoms with Gasteiger partial charge in [0.1, 0.15) is 12.4 Å². The van der Waals surface area contributed by atoms with Gasteiger partial charge >= 0.3 is 0 Å². The molecule has 2 aromatic rings. The highest BCUT2D eigenvalue weighted by Gasteiger charge is 2.09. The number of morpholine rings is 1. The van der Waals surface area contributed by atoms with Crippen molar-refractivity contribution in [3.05, 3.63) is 65.7 Å². The van der Waals surface area contributed by atoms with Crippen molar-refractivity contribution in [1.82, 2.24) is 15.1 Å². The third-order valence-electron chi connectivity index (χ3n) is 4.81. The number of guanidine groups is 1. The van der Waals surface area contributed by atoms with E-state index in [1.807, 2.05) is 49.3 Å². The molecule has 1 fully saturated rings. The lowest BCUT2D eigenvalue weighted by Gasteiger charge is -2.26. The first-order chi connectivity index (χ1) is 14.2. The van der Waals surface area contributed by atoms with Gasteiger partial charge in [0.05, 0.1) is 19.8 Å². The van der Waals surface area contributed by atoms with Crippen LogP contribution in [0.5, 0.6) is 5.75 Å². The van der Waals surface area contributed by atoms with Crippen molar-refractivity contribution < 1.29 is 9.47 Å². The molecule has 1 N–H and O–H groups in total. The molecule has 29 heavy (non-hydrogen) atoms. The van der Waals surface area contributed by atoms with Crippen molar-refractivity contribution in [2.24, 2.45) is 4.99 Å². The van der Waals surface area contributed by atoms with E-state index in [1.165, 1.54) is 5.56 Å². The van der Waals surface area contributed by atoms with Crippen molar-refractivity contribution in [3.63, 3.8) is 0 Å². The molecule has 0 saturated carbocycles. The maximum Gasteiger partial charge on any atom is 0.194 e. The molecule has 0 aliphatic carbocycles. The Kier molecular flexibility index (Phi) is 8.34. The van der Waals surface area contributed by atoms with Gasteiger partial charge in [-0.25, -0.2) is 4.99 Å². The minimum atomic E-state index is 0.607. The van der Waals surface area contributed by atoms with Crippen molar-refractivity contribution >= 4 is 5.96 Å². The second-order valence-corrected chi connectivity index (χ2v) is 7.32. The third-order valence-corrected chi connectivity index (χ3v) is 4.81. The van der Waals surface area contributed by atoms with Gasteiger partial charge in [-0.1, -0.05) is 42.5 Å². The molecule has 0 bridgehead atoms. The Labute approximate surface area is 174 Å². The molecular weight excluding hydrogens is 364 g/mol. The molecule has 1 saturated heterocycles. The average Bonchev–Trinajstić information content (AvgIpc) is 2.75. The maximum absolute atomic E-state index is 5.95. The van der Waals surface area contributed by atoms with Gasteiger partial charge in [-0.15, -0.1) is 0 Å². The molecule has 0 spiro atoms. The molecule has 0 radical (unpaired) electrons. The summed E-state index contributed by atoms with van der Waals surface area (Å²) in [4.78, 5) is 9.14. The van der Waals surface area contributed by atoms with E-state index in [4.69, 9.17) is 14.5 Å². The Morgan fingerprint density at radius 2 is 1.83 bits per heavy atom. The Balaban J connectivity index is 1.50. The zero-order valence-electron chi connectivity index (χ0n) is 17.5. The van der Waals surface area contributed by atoms with Gasteiger partial charge in [0.15, 0.2) is 5.96 Å². The van der Waals surface area contributed by atoms with Crippen LogP contribution in [0.1, 0.15) is 11.1 Å². The molecule has 1 heterocycles.